The number of Topliss-reactive ketones (excluding diaryl/α,β-unsaturated/α-hetero) is 1. The summed E-state index contributed by atoms with van der Waals surface area (Å²) in [7, 11) is 0. The van der Waals surface area contributed by atoms with Gasteiger partial charge in [0, 0.05) is 17.7 Å². The predicted molar refractivity (Wildman–Crippen MR) is 148 cm³/mol. The van der Waals surface area contributed by atoms with E-state index in [1.54, 1.807) is 0 Å². The van der Waals surface area contributed by atoms with Gasteiger partial charge in [0.1, 0.15) is 0 Å². The molecule has 2 aliphatic rings. The lowest BCUT2D eigenvalue weighted by Crippen LogP contribution is -2.27. The van der Waals surface area contributed by atoms with Gasteiger partial charge >= 0.3 is 0 Å². The fourth-order valence-electron chi connectivity index (χ4n) is 5.12. The molecule has 2 atom stereocenters. The summed E-state index contributed by atoms with van der Waals surface area (Å²) in [6.07, 6.45) is 1.25. The minimum Gasteiger partial charge on any atom is -0.490 e. The highest BCUT2D eigenvalue weighted by molar-refractivity contribution is 9.10. The van der Waals surface area contributed by atoms with Crippen LogP contribution in [-0.4, -0.2) is 19.0 Å². The molecule has 36 heavy (non-hydrogen) atoms. The van der Waals surface area contributed by atoms with Gasteiger partial charge in [0.25, 0.3) is 0 Å². The summed E-state index contributed by atoms with van der Waals surface area (Å²) in [6.45, 7) is 7.04. The Morgan fingerprint density at radius 2 is 1.64 bits per heavy atom. The average Bonchev–Trinajstić information content (AvgIpc) is 3.03. The first-order valence-electron chi connectivity index (χ1n) is 12.5. The van der Waals surface area contributed by atoms with E-state index in [1.807, 2.05) is 44.2 Å². The Labute approximate surface area is 221 Å². The molecule has 0 saturated heterocycles. The maximum atomic E-state index is 13.8. The van der Waals surface area contributed by atoms with Crippen LogP contribution < -0.4 is 20.1 Å². The Morgan fingerprint density at radius 3 is 2.36 bits per heavy atom. The second-order valence-corrected chi connectivity index (χ2v) is 10.1. The van der Waals surface area contributed by atoms with E-state index in [0.717, 1.165) is 39.1 Å². The van der Waals surface area contributed by atoms with Crippen LogP contribution in [0.2, 0.25) is 0 Å². The number of allylic oxidation sites excluding steroid dienone is 1. The lowest BCUT2D eigenvalue weighted by Gasteiger charge is -2.30. The number of fused-ring (bicyclic) bond motifs is 1. The van der Waals surface area contributed by atoms with Gasteiger partial charge in [-0.25, -0.2) is 0 Å². The number of para-hydroxylation sites is 2. The summed E-state index contributed by atoms with van der Waals surface area (Å²) in [5, 5.41) is 7.27. The van der Waals surface area contributed by atoms with Crippen LogP contribution in [0.3, 0.4) is 0 Å². The molecule has 0 bridgehead atoms. The van der Waals surface area contributed by atoms with Crippen molar-refractivity contribution in [3.63, 3.8) is 0 Å². The lowest BCUT2D eigenvalue weighted by atomic mass is 9.78. The zero-order valence-corrected chi connectivity index (χ0v) is 22.4. The smallest absolute Gasteiger partial charge is 0.175 e. The van der Waals surface area contributed by atoms with Crippen LogP contribution in [0.1, 0.15) is 55.3 Å². The van der Waals surface area contributed by atoms with Gasteiger partial charge in [0.2, 0.25) is 0 Å². The van der Waals surface area contributed by atoms with E-state index in [1.165, 1.54) is 11.1 Å². The molecule has 0 saturated carbocycles. The second-order valence-electron chi connectivity index (χ2n) is 9.28. The van der Waals surface area contributed by atoms with Crippen molar-refractivity contribution >= 4 is 33.1 Å². The third-order valence-electron chi connectivity index (χ3n) is 6.81. The van der Waals surface area contributed by atoms with Crippen molar-refractivity contribution in [1.82, 2.24) is 0 Å². The van der Waals surface area contributed by atoms with Gasteiger partial charge in [-0.2, -0.15) is 0 Å². The molecule has 3 aromatic rings. The fraction of sp³-hybridized carbons (Fsp3) is 0.300. The number of benzene rings is 3. The minimum absolute atomic E-state index is 0.140. The first-order chi connectivity index (χ1) is 17.5. The topological polar surface area (TPSA) is 59.6 Å². The Kier molecular flexibility index (Phi) is 7.06. The van der Waals surface area contributed by atoms with Crippen LogP contribution in [0, 0.1) is 6.92 Å². The Hall–Kier alpha value is -3.25. The first kappa shape index (κ1) is 24.4. The molecule has 6 heteroatoms. The third kappa shape index (κ3) is 4.74. The number of ether oxygens (including phenoxy) is 2. The van der Waals surface area contributed by atoms with Crippen molar-refractivity contribution < 1.29 is 14.3 Å². The quantitative estimate of drug-likeness (QED) is 0.334. The summed E-state index contributed by atoms with van der Waals surface area (Å²) in [5.41, 5.74) is 7.06. The highest BCUT2D eigenvalue weighted by atomic mass is 79.9. The molecular weight excluding hydrogens is 516 g/mol. The molecule has 1 heterocycles. The maximum absolute atomic E-state index is 13.8. The number of halogens is 1. The van der Waals surface area contributed by atoms with Gasteiger partial charge in [-0.05, 0) is 84.4 Å². The van der Waals surface area contributed by atoms with Gasteiger partial charge in [-0.3, -0.25) is 4.79 Å². The molecule has 0 radical (unpaired) electrons. The van der Waals surface area contributed by atoms with E-state index in [0.29, 0.717) is 31.1 Å². The van der Waals surface area contributed by atoms with Crippen molar-refractivity contribution in [2.24, 2.45) is 0 Å². The highest BCUT2D eigenvalue weighted by Crippen LogP contribution is 2.46. The number of hydrogen-bond donors (Lipinski definition) is 2. The van der Waals surface area contributed by atoms with Crippen molar-refractivity contribution in [1.29, 1.82) is 0 Å². The van der Waals surface area contributed by atoms with E-state index in [9.17, 15) is 4.79 Å². The highest BCUT2D eigenvalue weighted by Gasteiger charge is 2.36. The first-order valence-corrected chi connectivity index (χ1v) is 13.3. The number of hydrogen-bond acceptors (Lipinski definition) is 5. The number of nitrogens with one attached hydrogen (secondary N) is 2. The molecule has 5 rings (SSSR count). The van der Waals surface area contributed by atoms with Crippen LogP contribution >= 0.6 is 15.9 Å². The van der Waals surface area contributed by atoms with Crippen LogP contribution in [0.5, 0.6) is 11.5 Å². The molecule has 0 aromatic heterocycles. The summed E-state index contributed by atoms with van der Waals surface area (Å²) in [5.74, 6) is 1.64. The van der Waals surface area contributed by atoms with Crippen molar-refractivity contribution in [3.8, 4) is 11.5 Å². The van der Waals surface area contributed by atoms with Gasteiger partial charge in [-0.15, -0.1) is 0 Å². The molecule has 3 aromatic carbocycles. The molecule has 2 unspecified atom stereocenters. The minimum atomic E-state index is -0.325. The van der Waals surface area contributed by atoms with Gasteiger partial charge in [0.15, 0.2) is 17.3 Å². The molecule has 2 N–H and O–H groups in total. The van der Waals surface area contributed by atoms with Crippen molar-refractivity contribution in [3.05, 3.63) is 93.1 Å². The summed E-state index contributed by atoms with van der Waals surface area (Å²) in [6, 6.07) is 20.4. The monoisotopic (exact) mass is 546 g/mol. The molecule has 0 amide bonds. The van der Waals surface area contributed by atoms with Crippen LogP contribution in [0.4, 0.5) is 11.4 Å². The number of rotatable bonds is 6. The summed E-state index contributed by atoms with van der Waals surface area (Å²) >= 11 is 3.69. The third-order valence-corrected chi connectivity index (χ3v) is 7.40. The Balaban J connectivity index is 1.62. The van der Waals surface area contributed by atoms with E-state index >= 15 is 0 Å². The molecular formula is C30H31BrN2O3. The molecule has 186 valence electrons. The summed E-state index contributed by atoms with van der Waals surface area (Å²) < 4.78 is 12.6. The maximum Gasteiger partial charge on any atom is 0.175 e. The average molecular weight is 547 g/mol. The van der Waals surface area contributed by atoms with Gasteiger partial charge in [0.05, 0.1) is 35.1 Å². The van der Waals surface area contributed by atoms with Gasteiger partial charge < -0.3 is 20.1 Å². The molecule has 1 aliphatic carbocycles. The Morgan fingerprint density at radius 1 is 0.917 bits per heavy atom. The van der Waals surface area contributed by atoms with E-state index < -0.39 is 0 Å². The second kappa shape index (κ2) is 10.4. The van der Waals surface area contributed by atoms with Crippen molar-refractivity contribution in [2.45, 2.75) is 45.6 Å². The zero-order chi connectivity index (χ0) is 25.2. The van der Waals surface area contributed by atoms with Crippen molar-refractivity contribution in [2.75, 3.05) is 23.8 Å². The molecule has 5 nitrogen and oxygen atoms in total. The predicted octanol–water partition coefficient (Wildman–Crippen LogP) is 7.53. The lowest BCUT2D eigenvalue weighted by molar-refractivity contribution is -0.116. The number of carbonyl (C=O) groups is 1. The SMILES string of the molecule is CCOc1cc(C2Nc3ccccc3NC3=C2C(=O)CC(c2ccc(C)cc2)C3)cc(Br)c1OCC. The summed E-state index contributed by atoms with van der Waals surface area (Å²) in [4.78, 5) is 13.8. The van der Waals surface area contributed by atoms with Crippen LogP contribution in [-0.2, 0) is 4.79 Å². The number of anilines is 2. The number of aryl methyl sites for hydroxylation is 1. The molecule has 1 aliphatic heterocycles. The van der Waals surface area contributed by atoms with E-state index in [-0.39, 0.29) is 17.7 Å². The largest absolute Gasteiger partial charge is 0.490 e. The standard InChI is InChI=1S/C30H31BrN2O3/c1-4-35-27-17-21(14-22(31)30(27)36-5-2)29-28-25(32-23-8-6-7-9-24(23)33-29)15-20(16-26(28)34)19-12-10-18(3)11-13-19/h6-14,17,20,29,32-33H,4-5,15-16H2,1-3H3. The van der Waals surface area contributed by atoms with E-state index in [4.69, 9.17) is 9.47 Å². The fourth-order valence-corrected chi connectivity index (χ4v) is 5.69. The zero-order valence-electron chi connectivity index (χ0n) is 20.9. The van der Waals surface area contributed by atoms with E-state index in [2.05, 4.69) is 63.8 Å². The normalized spacial score (nSPS) is 18.9. The molecule has 0 spiro atoms. The Bertz CT molecular complexity index is 1320. The van der Waals surface area contributed by atoms with Crippen LogP contribution in [0.25, 0.3) is 0 Å². The number of ketones is 1. The number of carbonyl (C=O) groups excluding carboxylic acids is 1. The van der Waals surface area contributed by atoms with Gasteiger partial charge in [-0.1, -0.05) is 42.0 Å². The van der Waals surface area contributed by atoms with Crippen LogP contribution in [0.15, 0.2) is 76.4 Å². The molecule has 0 fully saturated rings.